The Morgan fingerprint density at radius 1 is 0.957 bits per heavy atom. The summed E-state index contributed by atoms with van der Waals surface area (Å²) in [5, 5.41) is 9.46. The molecule has 5 nitrogen and oxygen atoms in total. The Hall–Kier alpha value is -2.95. The zero-order valence-corrected chi connectivity index (χ0v) is 12.5. The number of aromatic hydroxyl groups is 1. The predicted molar refractivity (Wildman–Crippen MR) is 85.6 cm³/mol. The van der Waals surface area contributed by atoms with Crippen LogP contribution in [0, 0.1) is 0 Å². The Morgan fingerprint density at radius 2 is 1.70 bits per heavy atom. The van der Waals surface area contributed by atoms with E-state index in [9.17, 15) is 9.90 Å². The molecular formula is C18H17NO4. The molecule has 3 aromatic rings. The number of H-pyrrole nitrogens is 1. The summed E-state index contributed by atoms with van der Waals surface area (Å²) < 4.78 is 10.6. The number of oxazole rings is 1. The molecule has 2 N–H and O–H groups in total. The summed E-state index contributed by atoms with van der Waals surface area (Å²) in [7, 11) is 0. The van der Waals surface area contributed by atoms with E-state index in [1.54, 1.807) is 0 Å². The first-order valence-corrected chi connectivity index (χ1v) is 7.37. The Balaban J connectivity index is 1.54. The van der Waals surface area contributed by atoms with E-state index < -0.39 is 5.76 Å². The van der Waals surface area contributed by atoms with Crippen molar-refractivity contribution in [1.82, 2.24) is 4.98 Å². The molecule has 1 heterocycles. The third-order valence-corrected chi connectivity index (χ3v) is 3.51. The highest BCUT2D eigenvalue weighted by Gasteiger charge is 2.08. The summed E-state index contributed by atoms with van der Waals surface area (Å²) >= 11 is 0. The number of aromatic nitrogens is 1. The third kappa shape index (κ3) is 4.03. The van der Waals surface area contributed by atoms with Gasteiger partial charge in [0.1, 0.15) is 12.4 Å². The maximum Gasteiger partial charge on any atom is 0.419 e. The number of aryl methyl sites for hydroxylation is 2. The van der Waals surface area contributed by atoms with Gasteiger partial charge in [-0.2, -0.15) is 0 Å². The molecule has 2 aromatic carbocycles. The van der Waals surface area contributed by atoms with Crippen LogP contribution in [-0.2, 0) is 19.4 Å². The summed E-state index contributed by atoms with van der Waals surface area (Å²) in [5.41, 5.74) is 2.19. The highest BCUT2D eigenvalue weighted by atomic mass is 16.5. The lowest BCUT2D eigenvalue weighted by atomic mass is 10.1. The molecule has 0 saturated heterocycles. The van der Waals surface area contributed by atoms with E-state index in [0.29, 0.717) is 19.4 Å². The summed E-state index contributed by atoms with van der Waals surface area (Å²) in [6, 6.07) is 17.7. The van der Waals surface area contributed by atoms with Gasteiger partial charge in [-0.1, -0.05) is 42.5 Å². The molecule has 0 unspecified atom stereocenters. The van der Waals surface area contributed by atoms with E-state index in [1.807, 2.05) is 54.6 Å². The van der Waals surface area contributed by atoms with Crippen LogP contribution in [0.1, 0.15) is 16.9 Å². The largest absolute Gasteiger partial charge is 0.492 e. The Bertz CT molecular complexity index is 803. The van der Waals surface area contributed by atoms with Gasteiger partial charge in [0.2, 0.25) is 5.88 Å². The highest BCUT2D eigenvalue weighted by molar-refractivity contribution is 5.28. The van der Waals surface area contributed by atoms with E-state index in [2.05, 4.69) is 4.98 Å². The van der Waals surface area contributed by atoms with Crippen LogP contribution in [0.4, 0.5) is 0 Å². The van der Waals surface area contributed by atoms with Gasteiger partial charge in [0.15, 0.2) is 5.76 Å². The lowest BCUT2D eigenvalue weighted by Gasteiger charge is -2.07. The second-order valence-electron chi connectivity index (χ2n) is 5.20. The van der Waals surface area contributed by atoms with Crippen LogP contribution < -0.4 is 10.5 Å². The molecule has 118 valence electrons. The molecule has 0 saturated carbocycles. The molecule has 1 aromatic heterocycles. The first kappa shape index (κ1) is 15.0. The summed E-state index contributed by atoms with van der Waals surface area (Å²) in [4.78, 5) is 13.2. The Kier molecular flexibility index (Phi) is 4.47. The minimum atomic E-state index is -0.637. The fourth-order valence-corrected chi connectivity index (χ4v) is 2.27. The van der Waals surface area contributed by atoms with Gasteiger partial charge >= 0.3 is 5.76 Å². The van der Waals surface area contributed by atoms with Crippen LogP contribution in [0.2, 0.25) is 0 Å². The molecule has 23 heavy (non-hydrogen) atoms. The monoisotopic (exact) mass is 311 g/mol. The van der Waals surface area contributed by atoms with Crippen LogP contribution in [0.15, 0.2) is 63.8 Å². The van der Waals surface area contributed by atoms with Crippen molar-refractivity contribution in [2.45, 2.75) is 19.4 Å². The van der Waals surface area contributed by atoms with Gasteiger partial charge in [0.05, 0.1) is 0 Å². The van der Waals surface area contributed by atoms with Gasteiger partial charge in [-0.15, -0.1) is 0 Å². The summed E-state index contributed by atoms with van der Waals surface area (Å²) in [5.74, 6) is 0.244. The number of ether oxygens (including phenoxy) is 1. The van der Waals surface area contributed by atoms with Crippen molar-refractivity contribution in [3.63, 3.8) is 0 Å². The van der Waals surface area contributed by atoms with Gasteiger partial charge in [-0.3, -0.25) is 4.98 Å². The molecule has 5 heteroatoms. The van der Waals surface area contributed by atoms with Gasteiger partial charge in [-0.25, -0.2) is 4.79 Å². The lowest BCUT2D eigenvalue weighted by molar-refractivity contribution is 0.306. The molecule has 0 bridgehead atoms. The number of rotatable bonds is 6. The van der Waals surface area contributed by atoms with E-state index in [-0.39, 0.29) is 11.6 Å². The topological polar surface area (TPSA) is 75.5 Å². The third-order valence-electron chi connectivity index (χ3n) is 3.51. The molecule has 0 aliphatic heterocycles. The number of hydrogen-bond donors (Lipinski definition) is 2. The normalized spacial score (nSPS) is 10.6. The summed E-state index contributed by atoms with van der Waals surface area (Å²) in [6.45, 7) is 0.530. The van der Waals surface area contributed by atoms with Crippen LogP contribution in [0.25, 0.3) is 0 Å². The van der Waals surface area contributed by atoms with Crippen molar-refractivity contribution in [2.75, 3.05) is 0 Å². The summed E-state index contributed by atoms with van der Waals surface area (Å²) in [6.07, 6.45) is 1.11. The van der Waals surface area contributed by atoms with Gasteiger partial charge < -0.3 is 14.3 Å². The first-order chi connectivity index (χ1) is 11.2. The average Bonchev–Trinajstić information content (AvgIpc) is 2.90. The van der Waals surface area contributed by atoms with Crippen molar-refractivity contribution in [1.29, 1.82) is 0 Å². The van der Waals surface area contributed by atoms with Crippen LogP contribution >= 0.6 is 0 Å². The van der Waals surface area contributed by atoms with Crippen molar-refractivity contribution in [3.05, 3.63) is 82.0 Å². The maximum absolute atomic E-state index is 11.0. The minimum absolute atomic E-state index is 0.196. The fourth-order valence-electron chi connectivity index (χ4n) is 2.27. The smallest absolute Gasteiger partial charge is 0.419 e. The van der Waals surface area contributed by atoms with Gasteiger partial charge in [0.25, 0.3) is 0 Å². The molecule has 0 atom stereocenters. The molecule has 0 radical (unpaired) electrons. The van der Waals surface area contributed by atoms with Gasteiger partial charge in [0, 0.05) is 6.42 Å². The van der Waals surface area contributed by atoms with Crippen molar-refractivity contribution in [2.24, 2.45) is 0 Å². The van der Waals surface area contributed by atoms with Crippen LogP contribution in [0.5, 0.6) is 11.6 Å². The van der Waals surface area contributed by atoms with E-state index in [0.717, 1.165) is 16.9 Å². The van der Waals surface area contributed by atoms with Crippen molar-refractivity contribution < 1.29 is 14.3 Å². The molecule has 0 fully saturated rings. The zero-order valence-electron chi connectivity index (χ0n) is 12.5. The SMILES string of the molecule is O=c1[nH]c(O)c(CCc2ccc(OCc3ccccc3)cc2)o1. The number of nitrogens with one attached hydrogen (secondary N) is 1. The number of hydrogen-bond acceptors (Lipinski definition) is 4. The Labute approximate surface area is 133 Å². The molecule has 0 aliphatic carbocycles. The maximum atomic E-state index is 11.0. The quantitative estimate of drug-likeness (QED) is 0.733. The van der Waals surface area contributed by atoms with E-state index in [4.69, 9.17) is 9.15 Å². The van der Waals surface area contributed by atoms with Crippen molar-refractivity contribution >= 4 is 0 Å². The van der Waals surface area contributed by atoms with Crippen molar-refractivity contribution in [3.8, 4) is 11.6 Å². The first-order valence-electron chi connectivity index (χ1n) is 7.37. The van der Waals surface area contributed by atoms with Crippen LogP contribution in [-0.4, -0.2) is 10.1 Å². The molecule has 0 spiro atoms. The average molecular weight is 311 g/mol. The minimum Gasteiger partial charge on any atom is -0.492 e. The molecule has 0 amide bonds. The number of benzene rings is 2. The Morgan fingerprint density at radius 3 is 2.35 bits per heavy atom. The number of aromatic amines is 1. The second-order valence-corrected chi connectivity index (χ2v) is 5.20. The van der Waals surface area contributed by atoms with E-state index >= 15 is 0 Å². The highest BCUT2D eigenvalue weighted by Crippen LogP contribution is 2.17. The predicted octanol–water partition coefficient (Wildman–Crippen LogP) is 3.04. The molecular weight excluding hydrogens is 294 g/mol. The second kappa shape index (κ2) is 6.87. The van der Waals surface area contributed by atoms with Gasteiger partial charge in [-0.05, 0) is 29.7 Å². The fraction of sp³-hybridized carbons (Fsp3) is 0.167. The van der Waals surface area contributed by atoms with Crippen LogP contribution in [0.3, 0.4) is 0 Å². The zero-order chi connectivity index (χ0) is 16.1. The molecule has 0 aliphatic rings. The molecule has 3 rings (SSSR count). The lowest BCUT2D eigenvalue weighted by Crippen LogP contribution is -1.96. The van der Waals surface area contributed by atoms with E-state index in [1.165, 1.54) is 0 Å². The standard InChI is InChI=1S/C18H17NO4/c20-17-16(23-18(21)19-17)11-8-13-6-9-15(10-7-13)22-12-14-4-2-1-3-5-14/h1-7,9-10,20H,8,11-12H2,(H,19,21).